The van der Waals surface area contributed by atoms with E-state index in [4.69, 9.17) is 28.4 Å². The molecule has 0 bridgehead atoms. The summed E-state index contributed by atoms with van der Waals surface area (Å²) in [5.41, 5.74) is 0. The van der Waals surface area contributed by atoms with E-state index in [1.54, 1.807) is 27.7 Å². The molecule has 14 nitrogen and oxygen atoms in total. The van der Waals surface area contributed by atoms with Gasteiger partial charge in [-0.15, -0.1) is 0 Å². The van der Waals surface area contributed by atoms with E-state index in [-0.39, 0.29) is 6.42 Å². The Labute approximate surface area is 258 Å². The van der Waals surface area contributed by atoms with Crippen LogP contribution in [0.15, 0.2) is 0 Å². The molecule has 2 heterocycles. The van der Waals surface area contributed by atoms with Crippen LogP contribution in [-0.2, 0) is 42.8 Å². The Balaban J connectivity index is 2.24. The molecule has 2 rings (SSSR count). The van der Waals surface area contributed by atoms with Gasteiger partial charge in [0, 0.05) is 6.42 Å². The lowest BCUT2D eigenvalue weighted by Gasteiger charge is -2.45. The minimum atomic E-state index is -2.33. The lowest BCUT2D eigenvalue weighted by atomic mass is 9.97. The lowest BCUT2D eigenvalue weighted by molar-refractivity contribution is -0.384. The Hall–Kier alpha value is -1.91. The molecule has 2 fully saturated rings. The number of esters is 3. The van der Waals surface area contributed by atoms with Crippen LogP contribution in [0.5, 0.6) is 0 Å². The summed E-state index contributed by atoms with van der Waals surface area (Å²) in [5.74, 6) is -5.65. The van der Waals surface area contributed by atoms with Crippen molar-refractivity contribution in [1.29, 1.82) is 0 Å². The van der Waals surface area contributed by atoms with Gasteiger partial charge in [0.2, 0.25) is 5.79 Å². The maximum atomic E-state index is 12.6. The maximum Gasteiger partial charge on any atom is 0.308 e. The van der Waals surface area contributed by atoms with E-state index in [0.29, 0.717) is 6.42 Å². The Morgan fingerprint density at radius 3 is 1.84 bits per heavy atom. The van der Waals surface area contributed by atoms with Crippen LogP contribution in [0.25, 0.3) is 0 Å². The van der Waals surface area contributed by atoms with Gasteiger partial charge in [0.15, 0.2) is 18.5 Å². The van der Waals surface area contributed by atoms with Gasteiger partial charge < -0.3 is 54.0 Å². The highest BCUT2D eigenvalue weighted by Gasteiger charge is 2.60. The van der Waals surface area contributed by atoms with E-state index in [0.717, 1.165) is 38.5 Å². The third-order valence-electron chi connectivity index (χ3n) is 7.66. The molecule has 0 unspecified atom stereocenters. The summed E-state index contributed by atoms with van der Waals surface area (Å²) in [6.45, 7) is 6.12. The molecule has 14 heteroatoms. The Kier molecular flexibility index (Phi) is 15.9. The van der Waals surface area contributed by atoms with Gasteiger partial charge in [0.25, 0.3) is 0 Å². The Bertz CT molecular complexity index is 897. The molecule has 9 atom stereocenters. The van der Waals surface area contributed by atoms with Gasteiger partial charge in [0.05, 0.1) is 25.0 Å². The number of aliphatic hydroxyl groups excluding tert-OH is 5. The van der Waals surface area contributed by atoms with Crippen molar-refractivity contribution in [3.8, 4) is 0 Å². The lowest BCUT2D eigenvalue weighted by Crippen LogP contribution is -2.64. The van der Waals surface area contributed by atoms with Crippen molar-refractivity contribution < 1.29 is 68.3 Å². The van der Waals surface area contributed by atoms with Crippen molar-refractivity contribution in [1.82, 2.24) is 0 Å². The van der Waals surface area contributed by atoms with E-state index < -0.39 is 104 Å². The minimum Gasteiger partial charge on any atom is -0.460 e. The predicted molar refractivity (Wildman–Crippen MR) is 153 cm³/mol. The molecule has 256 valence electrons. The average molecular weight is 637 g/mol. The molecular weight excluding hydrogens is 584 g/mol. The highest BCUT2D eigenvalue weighted by atomic mass is 16.8. The van der Waals surface area contributed by atoms with Crippen LogP contribution in [-0.4, -0.2) is 118 Å². The topological polar surface area (TPSA) is 208 Å². The van der Waals surface area contributed by atoms with E-state index in [9.17, 15) is 39.9 Å². The van der Waals surface area contributed by atoms with Crippen LogP contribution in [0, 0.1) is 11.8 Å². The molecule has 0 saturated carbocycles. The van der Waals surface area contributed by atoms with Crippen LogP contribution < -0.4 is 0 Å². The third-order valence-corrected chi connectivity index (χ3v) is 7.66. The number of ether oxygens (including phenoxy) is 6. The molecule has 0 aromatic carbocycles. The number of hydrogen-bond acceptors (Lipinski definition) is 14. The summed E-state index contributed by atoms with van der Waals surface area (Å²) in [5, 5.41) is 52.6. The fourth-order valence-electron chi connectivity index (χ4n) is 4.89. The fraction of sp³-hybridized carbons (Fsp3) is 0.900. The largest absolute Gasteiger partial charge is 0.460 e. The standard InChI is InChI=1S/C30H52O14/c1-6-7-8-9-10-11-12-13-21(33)39-16-30(26(36)22(34)19(14-31)43-30)44-29-23(35)25(42-28(38)18(4)5)24(20(15-32)40-29)41-27(37)17(2)3/h17-20,22-26,29,31-32,34-36H,6-16H2,1-5H3/t19-,20-,22-,23-,24-,25-,26+,29-,30+/m1/s1. The van der Waals surface area contributed by atoms with Crippen molar-refractivity contribution in [2.45, 2.75) is 141 Å². The number of carbonyl (C=O) groups is 3. The van der Waals surface area contributed by atoms with Crippen molar-refractivity contribution in [2.75, 3.05) is 19.8 Å². The molecule has 2 saturated heterocycles. The van der Waals surface area contributed by atoms with E-state index >= 15 is 0 Å². The van der Waals surface area contributed by atoms with Crippen LogP contribution in [0.4, 0.5) is 0 Å². The molecular formula is C30H52O14. The highest BCUT2D eigenvalue weighted by molar-refractivity contribution is 5.73. The van der Waals surface area contributed by atoms with Crippen molar-refractivity contribution >= 4 is 17.9 Å². The van der Waals surface area contributed by atoms with Gasteiger partial charge >= 0.3 is 17.9 Å². The molecule has 0 spiro atoms. The van der Waals surface area contributed by atoms with Gasteiger partial charge in [-0.2, -0.15) is 0 Å². The van der Waals surface area contributed by atoms with Crippen LogP contribution in [0.2, 0.25) is 0 Å². The van der Waals surface area contributed by atoms with Crippen molar-refractivity contribution in [3.63, 3.8) is 0 Å². The first-order valence-electron chi connectivity index (χ1n) is 15.6. The van der Waals surface area contributed by atoms with Gasteiger partial charge in [-0.25, -0.2) is 0 Å². The molecule has 0 aromatic rings. The summed E-state index contributed by atoms with van der Waals surface area (Å²) in [7, 11) is 0. The molecule has 0 aliphatic carbocycles. The molecule has 0 radical (unpaired) electrons. The summed E-state index contributed by atoms with van der Waals surface area (Å²) in [6.07, 6.45) is -6.02. The normalized spacial score (nSPS) is 32.2. The molecule has 44 heavy (non-hydrogen) atoms. The van der Waals surface area contributed by atoms with Crippen LogP contribution >= 0.6 is 0 Å². The summed E-state index contributed by atoms with van der Waals surface area (Å²) in [6, 6.07) is 0. The molecule has 0 amide bonds. The minimum absolute atomic E-state index is 0.0806. The molecule has 2 aliphatic heterocycles. The van der Waals surface area contributed by atoms with Crippen molar-refractivity contribution in [2.24, 2.45) is 11.8 Å². The first-order valence-corrected chi connectivity index (χ1v) is 15.6. The first kappa shape index (κ1) is 38.3. The van der Waals surface area contributed by atoms with Crippen LogP contribution in [0.1, 0.15) is 86.0 Å². The molecule has 5 N–H and O–H groups in total. The molecule has 0 aromatic heterocycles. The van der Waals surface area contributed by atoms with E-state index in [1.807, 2.05) is 0 Å². The van der Waals surface area contributed by atoms with Gasteiger partial charge in [0.1, 0.15) is 37.1 Å². The fourth-order valence-corrected chi connectivity index (χ4v) is 4.89. The predicted octanol–water partition coefficient (Wildman–Crippen LogP) is 0.710. The quantitative estimate of drug-likeness (QED) is 0.0798. The van der Waals surface area contributed by atoms with E-state index in [2.05, 4.69) is 6.92 Å². The second-order valence-corrected chi connectivity index (χ2v) is 12.1. The van der Waals surface area contributed by atoms with Gasteiger partial charge in [-0.1, -0.05) is 73.1 Å². The van der Waals surface area contributed by atoms with Gasteiger partial charge in [-0.05, 0) is 6.42 Å². The second kappa shape index (κ2) is 18.3. The maximum absolute atomic E-state index is 12.6. The number of carbonyl (C=O) groups excluding carboxylic acids is 3. The zero-order valence-corrected chi connectivity index (χ0v) is 26.5. The monoisotopic (exact) mass is 636 g/mol. The summed E-state index contributed by atoms with van der Waals surface area (Å²) < 4.78 is 33.5. The first-order chi connectivity index (χ1) is 20.8. The van der Waals surface area contributed by atoms with E-state index in [1.165, 1.54) is 0 Å². The molecule has 2 aliphatic rings. The average Bonchev–Trinajstić information content (AvgIpc) is 3.23. The summed E-state index contributed by atoms with van der Waals surface area (Å²) in [4.78, 5) is 37.6. The Morgan fingerprint density at radius 2 is 1.32 bits per heavy atom. The smallest absolute Gasteiger partial charge is 0.308 e. The number of rotatable bonds is 18. The number of hydrogen-bond donors (Lipinski definition) is 5. The number of unbranched alkanes of at least 4 members (excludes halogenated alkanes) is 6. The SMILES string of the molecule is CCCCCCCCCC(=O)OC[C@@]1(O[C@H]2O[C@H](CO)[C@@H](OC(=O)C(C)C)[C@H](OC(=O)C(C)C)[C@H]2O)O[C@H](CO)[C@@H](O)[C@@H]1O. The van der Waals surface area contributed by atoms with Gasteiger partial charge in [-0.3, -0.25) is 14.4 Å². The number of aliphatic hydroxyl groups is 5. The zero-order chi connectivity index (χ0) is 33.0. The van der Waals surface area contributed by atoms with Crippen LogP contribution in [0.3, 0.4) is 0 Å². The Morgan fingerprint density at radius 1 is 0.773 bits per heavy atom. The zero-order valence-electron chi connectivity index (χ0n) is 26.5. The summed E-state index contributed by atoms with van der Waals surface area (Å²) >= 11 is 0. The third kappa shape index (κ3) is 10.3. The van der Waals surface area contributed by atoms with Crippen molar-refractivity contribution in [3.05, 3.63) is 0 Å². The highest BCUT2D eigenvalue weighted by Crippen LogP contribution is 2.38. The second-order valence-electron chi connectivity index (χ2n) is 12.1.